The zero-order chi connectivity index (χ0) is 24.3. The molecule has 34 heavy (non-hydrogen) atoms. The second-order valence-electron chi connectivity index (χ2n) is 9.27. The summed E-state index contributed by atoms with van der Waals surface area (Å²) in [6, 6.07) is 13.1. The molecule has 0 aliphatic carbocycles. The Balaban J connectivity index is 1.52. The Labute approximate surface area is 202 Å². The van der Waals surface area contributed by atoms with Crippen molar-refractivity contribution in [2.75, 3.05) is 18.4 Å². The topological polar surface area (TPSA) is 84.3 Å². The van der Waals surface area contributed by atoms with E-state index in [-0.39, 0.29) is 10.8 Å². The molecule has 0 radical (unpaired) electrons. The van der Waals surface area contributed by atoms with Crippen LogP contribution in [0.2, 0.25) is 0 Å². The zero-order valence-corrected chi connectivity index (χ0v) is 21.1. The van der Waals surface area contributed by atoms with E-state index in [1.54, 1.807) is 16.4 Å². The molecule has 0 bridgehead atoms. The van der Waals surface area contributed by atoms with Gasteiger partial charge in [0.05, 0.1) is 15.9 Å². The van der Waals surface area contributed by atoms with Gasteiger partial charge >= 0.3 is 0 Å². The van der Waals surface area contributed by atoms with Crippen molar-refractivity contribution in [3.05, 3.63) is 53.9 Å². The quantitative estimate of drug-likeness (QED) is 0.469. The largest absolute Gasteiger partial charge is 0.328 e. The first-order valence-corrected chi connectivity index (χ1v) is 13.6. The monoisotopic (exact) mass is 482 g/mol. The maximum Gasteiger partial charge on any atom is 0.243 e. The second kappa shape index (κ2) is 10.3. The van der Waals surface area contributed by atoms with E-state index >= 15 is 0 Å². The van der Waals surface area contributed by atoms with Gasteiger partial charge in [-0.3, -0.25) is 4.79 Å². The molecule has 0 spiro atoms. The molecule has 1 aromatic heterocycles. The number of anilines is 1. The maximum absolute atomic E-state index is 13.0. The number of rotatable bonds is 9. The molecule has 0 unspecified atom stereocenters. The van der Waals surface area contributed by atoms with Gasteiger partial charge in [-0.05, 0) is 61.1 Å². The fourth-order valence-electron chi connectivity index (χ4n) is 4.49. The third-order valence-corrected chi connectivity index (χ3v) is 8.26. The number of sulfonamides is 1. The molecule has 7 nitrogen and oxygen atoms in total. The van der Waals surface area contributed by atoms with Crippen molar-refractivity contribution < 1.29 is 13.2 Å². The average Bonchev–Trinajstić information content (AvgIpc) is 3.47. The van der Waals surface area contributed by atoms with Crippen molar-refractivity contribution in [2.24, 2.45) is 0 Å². The number of nitrogens with zero attached hydrogens (tertiary/aromatic N) is 3. The molecule has 0 atom stereocenters. The second-order valence-corrected chi connectivity index (χ2v) is 11.2. The number of fused-ring (bicyclic) bond motifs is 1. The molecule has 1 aliphatic rings. The van der Waals surface area contributed by atoms with Gasteiger partial charge in [-0.1, -0.05) is 32.9 Å². The summed E-state index contributed by atoms with van der Waals surface area (Å²) in [5.74, 6) is 1.14. The summed E-state index contributed by atoms with van der Waals surface area (Å²) in [5.41, 5.74) is 3.55. The van der Waals surface area contributed by atoms with Gasteiger partial charge in [-0.15, -0.1) is 0 Å². The fourth-order valence-corrected chi connectivity index (χ4v) is 6.02. The highest BCUT2D eigenvalue weighted by Gasteiger charge is 2.28. The van der Waals surface area contributed by atoms with Crippen molar-refractivity contribution in [3.63, 3.8) is 0 Å². The molecule has 1 N–H and O–H groups in total. The number of benzene rings is 2. The van der Waals surface area contributed by atoms with Crippen LogP contribution in [0.25, 0.3) is 11.0 Å². The minimum absolute atomic E-state index is 0.0617. The van der Waals surface area contributed by atoms with Gasteiger partial charge in [0.25, 0.3) is 0 Å². The molecule has 3 aromatic rings. The zero-order valence-electron chi connectivity index (χ0n) is 20.3. The molecule has 8 heteroatoms. The molecular formula is C26H34N4O3S. The Kier molecular flexibility index (Phi) is 7.38. The van der Waals surface area contributed by atoms with Crippen LogP contribution in [0.5, 0.6) is 0 Å². The van der Waals surface area contributed by atoms with E-state index in [0.717, 1.165) is 42.8 Å². The summed E-state index contributed by atoms with van der Waals surface area (Å²) in [7, 11) is -3.50. The number of hydrogen-bond acceptors (Lipinski definition) is 4. The standard InChI is InChI=1S/C26H34N4O3S/c1-4-14-30-24-11-10-22(34(32,33)29-15-5-6-16-29)18-23(24)28-25(30)12-13-26(31)27-21-9-7-8-20(17-21)19(2)3/h7-11,17-19H,4-6,12-16H2,1-3H3,(H,27,31). The highest BCUT2D eigenvalue weighted by molar-refractivity contribution is 7.89. The van der Waals surface area contributed by atoms with E-state index in [0.29, 0.717) is 37.4 Å². The summed E-state index contributed by atoms with van der Waals surface area (Å²) in [6.07, 6.45) is 3.51. The lowest BCUT2D eigenvalue weighted by Gasteiger charge is -2.15. The minimum atomic E-state index is -3.50. The molecular weight excluding hydrogens is 448 g/mol. The molecule has 182 valence electrons. The van der Waals surface area contributed by atoms with Gasteiger partial charge in [0.1, 0.15) is 5.82 Å². The van der Waals surface area contributed by atoms with Gasteiger partial charge in [0.2, 0.25) is 15.9 Å². The van der Waals surface area contributed by atoms with Gasteiger partial charge in [-0.25, -0.2) is 13.4 Å². The van der Waals surface area contributed by atoms with Crippen LogP contribution in [0, 0.1) is 0 Å². The van der Waals surface area contributed by atoms with Crippen LogP contribution in [-0.2, 0) is 27.8 Å². The summed E-state index contributed by atoms with van der Waals surface area (Å²) in [6.45, 7) is 8.26. The van der Waals surface area contributed by atoms with Gasteiger partial charge < -0.3 is 9.88 Å². The van der Waals surface area contributed by atoms with Crippen LogP contribution in [-0.4, -0.2) is 41.3 Å². The Morgan fingerprint density at radius 1 is 1.12 bits per heavy atom. The maximum atomic E-state index is 13.0. The van der Waals surface area contributed by atoms with E-state index in [1.165, 1.54) is 5.56 Å². The fraction of sp³-hybridized carbons (Fsp3) is 0.462. The van der Waals surface area contributed by atoms with Crippen LogP contribution in [0.1, 0.15) is 63.8 Å². The number of imidazole rings is 1. The third kappa shape index (κ3) is 5.18. The van der Waals surface area contributed by atoms with Crippen LogP contribution in [0.4, 0.5) is 5.69 Å². The van der Waals surface area contributed by atoms with Gasteiger partial charge in [0, 0.05) is 38.2 Å². The Bertz CT molecular complexity index is 1270. The van der Waals surface area contributed by atoms with E-state index in [9.17, 15) is 13.2 Å². The average molecular weight is 483 g/mol. The lowest BCUT2D eigenvalue weighted by Crippen LogP contribution is -2.27. The Morgan fingerprint density at radius 2 is 1.88 bits per heavy atom. The normalized spacial score (nSPS) is 14.8. The number of carbonyl (C=O) groups is 1. The van der Waals surface area contributed by atoms with Crippen LogP contribution < -0.4 is 5.32 Å². The number of carbonyl (C=O) groups excluding carboxylic acids is 1. The third-order valence-electron chi connectivity index (χ3n) is 6.36. The van der Waals surface area contributed by atoms with Crippen LogP contribution in [0.15, 0.2) is 47.4 Å². The lowest BCUT2D eigenvalue weighted by atomic mass is 10.0. The smallest absolute Gasteiger partial charge is 0.243 e. The van der Waals surface area contributed by atoms with Gasteiger partial charge in [0.15, 0.2) is 0 Å². The van der Waals surface area contributed by atoms with Crippen molar-refractivity contribution in [2.45, 2.75) is 70.2 Å². The van der Waals surface area contributed by atoms with Crippen molar-refractivity contribution in [1.29, 1.82) is 0 Å². The number of amides is 1. The van der Waals surface area contributed by atoms with Crippen LogP contribution >= 0.6 is 0 Å². The summed E-state index contributed by atoms with van der Waals surface area (Å²) in [5, 5.41) is 2.99. The molecule has 1 fully saturated rings. The summed E-state index contributed by atoms with van der Waals surface area (Å²) in [4.78, 5) is 17.7. The Hall–Kier alpha value is -2.71. The van der Waals surface area contributed by atoms with Gasteiger partial charge in [-0.2, -0.15) is 4.31 Å². The number of nitrogens with one attached hydrogen (secondary N) is 1. The first-order chi connectivity index (χ1) is 16.3. The van der Waals surface area contributed by atoms with Crippen molar-refractivity contribution >= 4 is 32.7 Å². The molecule has 1 aliphatic heterocycles. The molecule has 0 saturated carbocycles. The minimum Gasteiger partial charge on any atom is -0.328 e. The summed E-state index contributed by atoms with van der Waals surface area (Å²) < 4.78 is 29.6. The molecule has 1 amide bonds. The lowest BCUT2D eigenvalue weighted by molar-refractivity contribution is -0.116. The SMILES string of the molecule is CCCn1c(CCC(=O)Nc2cccc(C(C)C)c2)nc2cc(S(=O)(=O)N3CCCC3)ccc21. The molecule has 1 saturated heterocycles. The predicted octanol–water partition coefficient (Wildman–Crippen LogP) is 4.93. The van der Waals surface area contributed by atoms with E-state index in [4.69, 9.17) is 4.98 Å². The van der Waals surface area contributed by atoms with E-state index in [1.807, 2.05) is 24.3 Å². The van der Waals surface area contributed by atoms with Crippen molar-refractivity contribution in [1.82, 2.24) is 13.9 Å². The van der Waals surface area contributed by atoms with E-state index < -0.39 is 10.0 Å². The van der Waals surface area contributed by atoms with Crippen LogP contribution in [0.3, 0.4) is 0 Å². The summed E-state index contributed by atoms with van der Waals surface area (Å²) >= 11 is 0. The number of hydrogen-bond donors (Lipinski definition) is 1. The number of aromatic nitrogens is 2. The first kappa shape index (κ1) is 24.4. The highest BCUT2D eigenvalue weighted by atomic mass is 32.2. The number of aryl methyl sites for hydroxylation is 2. The highest BCUT2D eigenvalue weighted by Crippen LogP contribution is 2.26. The first-order valence-electron chi connectivity index (χ1n) is 12.2. The predicted molar refractivity (Wildman–Crippen MR) is 135 cm³/mol. The molecule has 4 rings (SSSR count). The molecule has 2 aromatic carbocycles. The molecule has 2 heterocycles. The van der Waals surface area contributed by atoms with E-state index in [2.05, 4.69) is 36.7 Å². The van der Waals surface area contributed by atoms with Crippen molar-refractivity contribution in [3.8, 4) is 0 Å². The Morgan fingerprint density at radius 3 is 2.59 bits per heavy atom.